The minimum atomic E-state index is -1.14. The van der Waals surface area contributed by atoms with Crippen LogP contribution in [0.5, 0.6) is 0 Å². The van der Waals surface area contributed by atoms with Crippen LogP contribution < -0.4 is 5.32 Å². The van der Waals surface area contributed by atoms with Gasteiger partial charge in [-0.1, -0.05) is 12.1 Å². The van der Waals surface area contributed by atoms with E-state index in [0.29, 0.717) is 17.9 Å². The van der Waals surface area contributed by atoms with Gasteiger partial charge in [0.2, 0.25) is 0 Å². The highest BCUT2D eigenvalue weighted by Gasteiger charge is 2.09. The SMILES string of the molecule is COCc1ccc(C(=O)Nc2ccnc(C(=O)O)c2)cc1. The summed E-state index contributed by atoms with van der Waals surface area (Å²) in [5, 5.41) is 11.5. The summed E-state index contributed by atoms with van der Waals surface area (Å²) < 4.78 is 5.00. The van der Waals surface area contributed by atoms with Gasteiger partial charge in [0, 0.05) is 24.6 Å². The Bertz CT molecular complexity index is 653. The van der Waals surface area contributed by atoms with Gasteiger partial charge in [-0.3, -0.25) is 4.79 Å². The number of benzene rings is 1. The molecule has 0 aliphatic heterocycles. The van der Waals surface area contributed by atoms with Crippen LogP contribution in [0.2, 0.25) is 0 Å². The van der Waals surface area contributed by atoms with E-state index in [0.717, 1.165) is 5.56 Å². The van der Waals surface area contributed by atoms with Gasteiger partial charge in [-0.15, -0.1) is 0 Å². The fraction of sp³-hybridized carbons (Fsp3) is 0.133. The minimum absolute atomic E-state index is 0.122. The molecule has 0 aliphatic carbocycles. The first-order chi connectivity index (χ1) is 10.1. The number of rotatable bonds is 5. The Morgan fingerprint density at radius 1 is 1.24 bits per heavy atom. The number of aromatic carboxylic acids is 1. The van der Waals surface area contributed by atoms with E-state index in [2.05, 4.69) is 10.3 Å². The zero-order valence-corrected chi connectivity index (χ0v) is 11.4. The highest BCUT2D eigenvalue weighted by Crippen LogP contribution is 2.11. The van der Waals surface area contributed by atoms with Crippen LogP contribution in [0, 0.1) is 0 Å². The lowest BCUT2D eigenvalue weighted by Gasteiger charge is -2.06. The number of carboxylic acid groups (broad SMARTS) is 1. The van der Waals surface area contributed by atoms with E-state index < -0.39 is 5.97 Å². The lowest BCUT2D eigenvalue weighted by atomic mass is 10.1. The molecule has 6 heteroatoms. The molecule has 21 heavy (non-hydrogen) atoms. The zero-order chi connectivity index (χ0) is 15.2. The molecular weight excluding hydrogens is 272 g/mol. The lowest BCUT2D eigenvalue weighted by Crippen LogP contribution is -2.12. The molecule has 1 aromatic heterocycles. The first-order valence-corrected chi connectivity index (χ1v) is 6.18. The monoisotopic (exact) mass is 286 g/mol. The van der Waals surface area contributed by atoms with Gasteiger partial charge in [0.05, 0.1) is 6.61 Å². The molecule has 0 fully saturated rings. The van der Waals surface area contributed by atoms with Crippen LogP contribution in [0.3, 0.4) is 0 Å². The van der Waals surface area contributed by atoms with Crippen molar-refractivity contribution in [3.05, 3.63) is 59.4 Å². The second-order valence-corrected chi connectivity index (χ2v) is 4.32. The number of hydrogen-bond acceptors (Lipinski definition) is 4. The number of hydrogen-bond donors (Lipinski definition) is 2. The molecule has 0 saturated heterocycles. The summed E-state index contributed by atoms with van der Waals surface area (Å²) in [4.78, 5) is 26.6. The smallest absolute Gasteiger partial charge is 0.354 e. The highest BCUT2D eigenvalue weighted by atomic mass is 16.5. The largest absolute Gasteiger partial charge is 0.477 e. The van der Waals surface area contributed by atoms with Gasteiger partial charge in [-0.05, 0) is 29.8 Å². The molecule has 0 aliphatic rings. The maximum Gasteiger partial charge on any atom is 0.354 e. The molecule has 0 unspecified atom stereocenters. The first-order valence-electron chi connectivity index (χ1n) is 6.18. The number of carbonyl (C=O) groups excluding carboxylic acids is 1. The summed E-state index contributed by atoms with van der Waals surface area (Å²) in [5.41, 5.74) is 1.70. The topological polar surface area (TPSA) is 88.5 Å². The van der Waals surface area contributed by atoms with E-state index in [1.165, 1.54) is 18.3 Å². The standard InChI is InChI=1S/C15H14N2O4/c1-21-9-10-2-4-11(5-3-10)14(18)17-12-6-7-16-13(8-12)15(19)20/h2-8H,9H2,1H3,(H,19,20)(H,16,17,18). The Labute approximate surface area is 121 Å². The highest BCUT2D eigenvalue weighted by molar-refractivity contribution is 6.04. The molecule has 0 spiro atoms. The number of aromatic nitrogens is 1. The van der Waals surface area contributed by atoms with E-state index >= 15 is 0 Å². The van der Waals surface area contributed by atoms with Crippen molar-refractivity contribution in [3.8, 4) is 0 Å². The maximum atomic E-state index is 12.1. The molecule has 108 valence electrons. The van der Waals surface area contributed by atoms with Crippen molar-refractivity contribution in [1.29, 1.82) is 0 Å². The van der Waals surface area contributed by atoms with Crippen LogP contribution in [-0.2, 0) is 11.3 Å². The molecule has 6 nitrogen and oxygen atoms in total. The van der Waals surface area contributed by atoms with Crippen molar-refractivity contribution in [2.45, 2.75) is 6.61 Å². The first kappa shape index (κ1) is 14.7. The fourth-order valence-electron chi connectivity index (χ4n) is 1.75. The number of pyridine rings is 1. The molecule has 2 rings (SSSR count). The Morgan fingerprint density at radius 3 is 2.57 bits per heavy atom. The Kier molecular flexibility index (Phi) is 4.63. The summed E-state index contributed by atoms with van der Waals surface area (Å²) in [6, 6.07) is 9.80. The summed E-state index contributed by atoms with van der Waals surface area (Å²) >= 11 is 0. The average molecular weight is 286 g/mol. The molecule has 1 amide bonds. The predicted molar refractivity (Wildman–Crippen MR) is 76.3 cm³/mol. The maximum absolute atomic E-state index is 12.1. The molecule has 2 N–H and O–H groups in total. The summed E-state index contributed by atoms with van der Waals surface area (Å²) in [6.45, 7) is 0.480. The molecule has 2 aromatic rings. The number of methoxy groups -OCH3 is 1. The molecular formula is C15H14N2O4. The van der Waals surface area contributed by atoms with Gasteiger partial charge in [0.15, 0.2) is 0 Å². The number of ether oxygens (including phenoxy) is 1. The van der Waals surface area contributed by atoms with Gasteiger partial charge in [-0.25, -0.2) is 9.78 Å². The number of anilines is 1. The van der Waals surface area contributed by atoms with Gasteiger partial charge in [0.1, 0.15) is 5.69 Å². The number of nitrogens with zero attached hydrogens (tertiary/aromatic N) is 1. The average Bonchev–Trinajstić information content (AvgIpc) is 2.48. The van der Waals surface area contributed by atoms with Crippen LogP contribution >= 0.6 is 0 Å². The van der Waals surface area contributed by atoms with E-state index in [1.54, 1.807) is 31.4 Å². The van der Waals surface area contributed by atoms with Crippen LogP contribution in [0.25, 0.3) is 0 Å². The number of carbonyl (C=O) groups is 2. The number of amides is 1. The second kappa shape index (κ2) is 6.62. The van der Waals surface area contributed by atoms with E-state index in [9.17, 15) is 9.59 Å². The van der Waals surface area contributed by atoms with Crippen LogP contribution in [0.15, 0.2) is 42.6 Å². The quantitative estimate of drug-likeness (QED) is 0.879. The zero-order valence-electron chi connectivity index (χ0n) is 11.4. The van der Waals surface area contributed by atoms with Gasteiger partial charge in [-0.2, -0.15) is 0 Å². The third-order valence-electron chi connectivity index (χ3n) is 2.76. The molecule has 0 saturated carbocycles. The van der Waals surface area contributed by atoms with Crippen molar-refractivity contribution in [2.24, 2.45) is 0 Å². The Morgan fingerprint density at radius 2 is 1.95 bits per heavy atom. The molecule has 0 bridgehead atoms. The van der Waals surface area contributed by atoms with E-state index in [1.807, 2.05) is 0 Å². The lowest BCUT2D eigenvalue weighted by molar-refractivity contribution is 0.0690. The summed E-state index contributed by atoms with van der Waals surface area (Å²) in [5.74, 6) is -1.46. The Balaban J connectivity index is 2.10. The van der Waals surface area contributed by atoms with Crippen molar-refractivity contribution < 1.29 is 19.4 Å². The summed E-state index contributed by atoms with van der Waals surface area (Å²) in [7, 11) is 1.60. The van der Waals surface area contributed by atoms with Crippen molar-refractivity contribution in [2.75, 3.05) is 12.4 Å². The third kappa shape index (κ3) is 3.87. The molecule has 1 aromatic carbocycles. The molecule has 0 atom stereocenters. The fourth-order valence-corrected chi connectivity index (χ4v) is 1.75. The summed E-state index contributed by atoms with van der Waals surface area (Å²) in [6.07, 6.45) is 1.33. The van der Waals surface area contributed by atoms with Crippen LogP contribution in [-0.4, -0.2) is 29.1 Å². The van der Waals surface area contributed by atoms with Gasteiger partial charge < -0.3 is 15.2 Å². The molecule has 1 heterocycles. The van der Waals surface area contributed by atoms with Gasteiger partial charge >= 0.3 is 5.97 Å². The number of nitrogens with one attached hydrogen (secondary N) is 1. The normalized spacial score (nSPS) is 10.1. The molecule has 0 radical (unpaired) electrons. The third-order valence-corrected chi connectivity index (χ3v) is 2.76. The van der Waals surface area contributed by atoms with Crippen molar-refractivity contribution in [1.82, 2.24) is 4.98 Å². The van der Waals surface area contributed by atoms with Gasteiger partial charge in [0.25, 0.3) is 5.91 Å². The second-order valence-electron chi connectivity index (χ2n) is 4.32. The van der Waals surface area contributed by atoms with E-state index in [4.69, 9.17) is 9.84 Å². The minimum Gasteiger partial charge on any atom is -0.477 e. The van der Waals surface area contributed by atoms with Crippen molar-refractivity contribution >= 4 is 17.6 Å². The van der Waals surface area contributed by atoms with E-state index in [-0.39, 0.29) is 11.6 Å². The number of carboxylic acids is 1. The van der Waals surface area contributed by atoms with Crippen LogP contribution in [0.1, 0.15) is 26.4 Å². The Hall–Kier alpha value is -2.73. The predicted octanol–water partition coefficient (Wildman–Crippen LogP) is 2.18. The van der Waals surface area contributed by atoms with Crippen molar-refractivity contribution in [3.63, 3.8) is 0 Å². The van der Waals surface area contributed by atoms with Crippen LogP contribution in [0.4, 0.5) is 5.69 Å².